The standard InChI is InChI=1S/C19H13F4NO3/c20-15-7-10(19(21,22)23)5-6-12(15)17(25)8-13(18(26)27)14-9-24-16-4-2-1-3-11(14)16/h1-7,9,13,24H,8H2,(H,26,27). The summed E-state index contributed by atoms with van der Waals surface area (Å²) >= 11 is 0. The van der Waals surface area contributed by atoms with E-state index in [0.717, 1.165) is 6.07 Å². The van der Waals surface area contributed by atoms with Gasteiger partial charge in [0, 0.05) is 23.5 Å². The Hall–Kier alpha value is -3.16. The van der Waals surface area contributed by atoms with E-state index in [1.165, 1.54) is 6.20 Å². The quantitative estimate of drug-likeness (QED) is 0.496. The number of Topliss-reactive ketones (excluding diaryl/α,β-unsaturated/α-hetero) is 1. The predicted molar refractivity (Wildman–Crippen MR) is 89.0 cm³/mol. The molecule has 27 heavy (non-hydrogen) atoms. The van der Waals surface area contributed by atoms with Crippen molar-refractivity contribution >= 4 is 22.7 Å². The first-order valence-corrected chi connectivity index (χ1v) is 7.87. The summed E-state index contributed by atoms with van der Waals surface area (Å²) in [5.74, 6) is -4.78. The molecular weight excluding hydrogens is 366 g/mol. The summed E-state index contributed by atoms with van der Waals surface area (Å²) in [6.07, 6.45) is -3.87. The number of halogens is 4. The number of carboxylic acids is 1. The SMILES string of the molecule is O=C(CC(C(=O)O)c1c[nH]c2ccccc12)c1ccc(C(F)(F)F)cc1F. The van der Waals surface area contributed by atoms with Crippen molar-refractivity contribution in [1.29, 1.82) is 0 Å². The molecule has 2 N–H and O–H groups in total. The van der Waals surface area contributed by atoms with Gasteiger partial charge in [-0.2, -0.15) is 13.2 Å². The second-order valence-corrected chi connectivity index (χ2v) is 6.00. The third kappa shape index (κ3) is 3.69. The van der Waals surface area contributed by atoms with Gasteiger partial charge in [-0.1, -0.05) is 18.2 Å². The minimum Gasteiger partial charge on any atom is -0.481 e. The number of fused-ring (bicyclic) bond motifs is 1. The number of alkyl halides is 3. The Morgan fingerprint density at radius 2 is 1.81 bits per heavy atom. The van der Waals surface area contributed by atoms with Crippen LogP contribution in [0.4, 0.5) is 17.6 Å². The van der Waals surface area contributed by atoms with E-state index in [4.69, 9.17) is 0 Å². The van der Waals surface area contributed by atoms with Gasteiger partial charge in [-0.15, -0.1) is 0 Å². The Morgan fingerprint density at radius 1 is 1.11 bits per heavy atom. The first-order chi connectivity index (χ1) is 12.7. The van der Waals surface area contributed by atoms with Crippen molar-refractivity contribution in [3.05, 3.63) is 71.2 Å². The highest BCUT2D eigenvalue weighted by Crippen LogP contribution is 2.32. The highest BCUT2D eigenvalue weighted by Gasteiger charge is 2.32. The number of aromatic nitrogens is 1. The van der Waals surface area contributed by atoms with E-state index >= 15 is 0 Å². The van der Waals surface area contributed by atoms with Crippen molar-refractivity contribution < 1.29 is 32.3 Å². The number of H-pyrrole nitrogens is 1. The monoisotopic (exact) mass is 379 g/mol. The highest BCUT2D eigenvalue weighted by atomic mass is 19.4. The predicted octanol–water partition coefficient (Wildman–Crippen LogP) is 4.77. The fourth-order valence-electron chi connectivity index (χ4n) is 2.93. The summed E-state index contributed by atoms with van der Waals surface area (Å²) < 4.78 is 51.9. The number of hydrogen-bond donors (Lipinski definition) is 2. The number of benzene rings is 2. The summed E-state index contributed by atoms with van der Waals surface area (Å²) in [5.41, 5.74) is -0.775. The summed E-state index contributed by atoms with van der Waals surface area (Å²) in [7, 11) is 0. The van der Waals surface area contributed by atoms with Crippen LogP contribution in [0, 0.1) is 5.82 Å². The van der Waals surface area contributed by atoms with Crippen molar-refractivity contribution in [3.8, 4) is 0 Å². The maximum Gasteiger partial charge on any atom is 0.416 e. The maximum atomic E-state index is 14.0. The lowest BCUT2D eigenvalue weighted by molar-refractivity contribution is -0.139. The molecule has 0 aliphatic carbocycles. The molecule has 3 rings (SSSR count). The number of hydrogen-bond acceptors (Lipinski definition) is 2. The molecule has 0 amide bonds. The van der Waals surface area contributed by atoms with Crippen LogP contribution in [0.3, 0.4) is 0 Å². The van der Waals surface area contributed by atoms with Crippen LogP contribution in [0.5, 0.6) is 0 Å². The van der Waals surface area contributed by atoms with Gasteiger partial charge in [0.1, 0.15) is 5.82 Å². The molecule has 0 aliphatic rings. The Kier molecular flexibility index (Phi) is 4.73. The Balaban J connectivity index is 1.92. The molecule has 0 radical (unpaired) electrons. The average molecular weight is 379 g/mol. The minimum atomic E-state index is -4.74. The van der Waals surface area contributed by atoms with Crippen molar-refractivity contribution in [2.75, 3.05) is 0 Å². The van der Waals surface area contributed by atoms with Crippen LogP contribution in [0.1, 0.15) is 33.8 Å². The second-order valence-electron chi connectivity index (χ2n) is 6.00. The van der Waals surface area contributed by atoms with Gasteiger partial charge in [-0.3, -0.25) is 9.59 Å². The molecule has 0 aliphatic heterocycles. The molecule has 3 aromatic rings. The van der Waals surface area contributed by atoms with Gasteiger partial charge in [0.05, 0.1) is 17.0 Å². The molecule has 0 saturated heterocycles. The smallest absolute Gasteiger partial charge is 0.416 e. The number of ketones is 1. The number of rotatable bonds is 5. The van der Waals surface area contributed by atoms with Crippen LogP contribution >= 0.6 is 0 Å². The lowest BCUT2D eigenvalue weighted by Crippen LogP contribution is -2.17. The Labute approximate surface area is 150 Å². The molecule has 1 heterocycles. The molecule has 0 spiro atoms. The van der Waals surface area contributed by atoms with Gasteiger partial charge in [0.15, 0.2) is 5.78 Å². The van der Waals surface area contributed by atoms with Gasteiger partial charge in [-0.05, 0) is 29.8 Å². The van der Waals surface area contributed by atoms with E-state index in [1.54, 1.807) is 24.3 Å². The van der Waals surface area contributed by atoms with E-state index in [-0.39, 0.29) is 6.07 Å². The third-order valence-electron chi connectivity index (χ3n) is 4.28. The Morgan fingerprint density at radius 3 is 2.44 bits per heavy atom. The molecule has 1 atom stereocenters. The lowest BCUT2D eigenvalue weighted by atomic mass is 9.91. The van der Waals surface area contributed by atoms with Crippen LogP contribution in [0.2, 0.25) is 0 Å². The number of aliphatic carboxylic acids is 1. The van der Waals surface area contributed by atoms with Crippen LogP contribution in [-0.4, -0.2) is 21.8 Å². The maximum absolute atomic E-state index is 14.0. The molecule has 0 bridgehead atoms. The summed E-state index contributed by atoms with van der Waals surface area (Å²) in [6.45, 7) is 0. The van der Waals surface area contributed by atoms with E-state index in [9.17, 15) is 32.3 Å². The molecule has 140 valence electrons. The number of nitrogens with one attached hydrogen (secondary N) is 1. The highest BCUT2D eigenvalue weighted by molar-refractivity contribution is 6.00. The molecule has 1 aromatic heterocycles. The van der Waals surface area contributed by atoms with E-state index < -0.39 is 47.2 Å². The number of carbonyl (C=O) groups excluding carboxylic acids is 1. The normalized spacial score (nSPS) is 12.9. The molecule has 0 saturated carbocycles. The summed E-state index contributed by atoms with van der Waals surface area (Å²) in [4.78, 5) is 26.9. The molecule has 1 unspecified atom stereocenters. The van der Waals surface area contributed by atoms with E-state index in [0.29, 0.717) is 22.5 Å². The first-order valence-electron chi connectivity index (χ1n) is 7.87. The van der Waals surface area contributed by atoms with Gasteiger partial charge in [0.25, 0.3) is 0 Å². The number of carbonyl (C=O) groups is 2. The summed E-state index contributed by atoms with van der Waals surface area (Å²) in [5, 5.41) is 10.1. The number of aromatic amines is 1. The zero-order valence-electron chi connectivity index (χ0n) is 13.7. The van der Waals surface area contributed by atoms with Crippen LogP contribution in [0.15, 0.2) is 48.7 Å². The molecule has 0 fully saturated rings. The van der Waals surface area contributed by atoms with Gasteiger partial charge in [0.2, 0.25) is 0 Å². The Bertz CT molecular complexity index is 1020. The van der Waals surface area contributed by atoms with Crippen molar-refractivity contribution in [2.24, 2.45) is 0 Å². The van der Waals surface area contributed by atoms with Crippen molar-refractivity contribution in [2.45, 2.75) is 18.5 Å². The van der Waals surface area contributed by atoms with Gasteiger partial charge < -0.3 is 10.1 Å². The lowest BCUT2D eigenvalue weighted by Gasteiger charge is -2.12. The number of para-hydroxylation sites is 1. The van der Waals surface area contributed by atoms with Gasteiger partial charge in [-0.25, -0.2) is 4.39 Å². The third-order valence-corrected chi connectivity index (χ3v) is 4.28. The fraction of sp³-hybridized carbons (Fsp3) is 0.158. The van der Waals surface area contributed by atoms with Gasteiger partial charge >= 0.3 is 12.1 Å². The largest absolute Gasteiger partial charge is 0.481 e. The topological polar surface area (TPSA) is 70.2 Å². The average Bonchev–Trinajstić information content (AvgIpc) is 3.02. The van der Waals surface area contributed by atoms with Crippen molar-refractivity contribution in [3.63, 3.8) is 0 Å². The fourth-order valence-corrected chi connectivity index (χ4v) is 2.93. The van der Waals surface area contributed by atoms with Crippen LogP contribution in [0.25, 0.3) is 10.9 Å². The van der Waals surface area contributed by atoms with Crippen molar-refractivity contribution in [1.82, 2.24) is 4.98 Å². The molecule has 2 aromatic carbocycles. The molecule has 8 heteroatoms. The number of carboxylic acid groups (broad SMARTS) is 1. The van der Waals surface area contributed by atoms with E-state index in [1.807, 2.05) is 0 Å². The zero-order valence-corrected chi connectivity index (χ0v) is 13.7. The van der Waals surface area contributed by atoms with E-state index in [2.05, 4.69) is 4.98 Å². The molecule has 4 nitrogen and oxygen atoms in total. The van der Waals surface area contributed by atoms with Crippen LogP contribution < -0.4 is 0 Å². The minimum absolute atomic E-state index is 0.231. The first kappa shape index (κ1) is 18.6. The van der Waals surface area contributed by atoms with Crippen LogP contribution in [-0.2, 0) is 11.0 Å². The summed E-state index contributed by atoms with van der Waals surface area (Å²) in [6, 6.07) is 8.42. The zero-order chi connectivity index (χ0) is 19.8. The second kappa shape index (κ2) is 6.86. The molecular formula is C19H13F4NO3.